The summed E-state index contributed by atoms with van der Waals surface area (Å²) in [5.41, 5.74) is 3.82. The number of nitrogens with zero attached hydrogens (tertiary/aromatic N) is 1. The Labute approximate surface area is 206 Å². The third kappa shape index (κ3) is 5.04. The van der Waals surface area contributed by atoms with Crippen LogP contribution < -0.4 is 5.32 Å². The molecular formula is C28H34N2O5. The number of carbonyl (C=O) groups excluding carboxylic acids is 2. The lowest BCUT2D eigenvalue weighted by Crippen LogP contribution is -2.52. The van der Waals surface area contributed by atoms with Crippen molar-refractivity contribution < 1.29 is 24.2 Å². The molecule has 186 valence electrons. The highest BCUT2D eigenvalue weighted by atomic mass is 16.5. The number of rotatable bonds is 9. The highest BCUT2D eigenvalue weighted by molar-refractivity contribution is 5.87. The van der Waals surface area contributed by atoms with Crippen LogP contribution in [0.2, 0.25) is 0 Å². The van der Waals surface area contributed by atoms with Crippen LogP contribution in [0.15, 0.2) is 48.5 Å². The highest BCUT2D eigenvalue weighted by Gasteiger charge is 2.45. The molecule has 7 nitrogen and oxygen atoms in total. The Morgan fingerprint density at radius 3 is 2.17 bits per heavy atom. The highest BCUT2D eigenvalue weighted by Crippen LogP contribution is 2.44. The zero-order valence-electron chi connectivity index (χ0n) is 20.5. The lowest BCUT2D eigenvalue weighted by atomic mass is 9.83. The maximum atomic E-state index is 13.5. The molecule has 1 fully saturated rings. The molecule has 0 radical (unpaired) electrons. The van der Waals surface area contributed by atoms with Crippen LogP contribution in [0.4, 0.5) is 4.79 Å². The van der Waals surface area contributed by atoms with Crippen LogP contribution in [0.1, 0.15) is 63.0 Å². The summed E-state index contributed by atoms with van der Waals surface area (Å²) >= 11 is 0. The summed E-state index contributed by atoms with van der Waals surface area (Å²) in [6, 6.07) is 16.1. The average Bonchev–Trinajstić information content (AvgIpc) is 3.47. The molecule has 0 saturated heterocycles. The molecule has 0 bridgehead atoms. The summed E-state index contributed by atoms with van der Waals surface area (Å²) in [6.07, 6.45) is 3.11. The smallest absolute Gasteiger partial charge is 0.407 e. The average molecular weight is 479 g/mol. The van der Waals surface area contributed by atoms with Gasteiger partial charge in [0.05, 0.1) is 5.41 Å². The normalized spacial score (nSPS) is 16.7. The molecule has 35 heavy (non-hydrogen) atoms. The van der Waals surface area contributed by atoms with E-state index >= 15 is 0 Å². The van der Waals surface area contributed by atoms with Crippen molar-refractivity contribution in [2.45, 2.75) is 57.9 Å². The van der Waals surface area contributed by atoms with Gasteiger partial charge in [0, 0.05) is 18.5 Å². The van der Waals surface area contributed by atoms with Crippen molar-refractivity contribution in [3.63, 3.8) is 0 Å². The van der Waals surface area contributed by atoms with Gasteiger partial charge in [-0.25, -0.2) is 4.79 Å². The second-order valence-corrected chi connectivity index (χ2v) is 9.75. The van der Waals surface area contributed by atoms with Gasteiger partial charge in [-0.2, -0.15) is 0 Å². The van der Waals surface area contributed by atoms with Gasteiger partial charge in [-0.3, -0.25) is 9.59 Å². The topological polar surface area (TPSA) is 95.9 Å². The number of ether oxygens (including phenoxy) is 1. The van der Waals surface area contributed by atoms with Crippen LogP contribution in [-0.2, 0) is 14.3 Å². The summed E-state index contributed by atoms with van der Waals surface area (Å²) in [7, 11) is 0. The maximum Gasteiger partial charge on any atom is 0.407 e. The Morgan fingerprint density at radius 2 is 1.63 bits per heavy atom. The molecule has 4 rings (SSSR count). The van der Waals surface area contributed by atoms with Crippen molar-refractivity contribution in [3.8, 4) is 11.1 Å². The van der Waals surface area contributed by atoms with Crippen LogP contribution in [0, 0.1) is 5.41 Å². The van der Waals surface area contributed by atoms with E-state index in [4.69, 9.17) is 4.74 Å². The number of carboxylic acid groups (broad SMARTS) is 1. The number of hydrogen-bond acceptors (Lipinski definition) is 4. The molecule has 0 aliphatic heterocycles. The number of carbonyl (C=O) groups is 3. The van der Waals surface area contributed by atoms with Crippen LogP contribution >= 0.6 is 0 Å². The third-order valence-electron chi connectivity index (χ3n) is 7.62. The number of aliphatic carboxylic acids is 1. The van der Waals surface area contributed by atoms with Gasteiger partial charge in [0.1, 0.15) is 13.2 Å². The van der Waals surface area contributed by atoms with Crippen molar-refractivity contribution in [2.75, 3.05) is 19.7 Å². The molecular weight excluding hydrogens is 444 g/mol. The van der Waals surface area contributed by atoms with Gasteiger partial charge in [0.25, 0.3) is 0 Å². The van der Waals surface area contributed by atoms with Crippen LogP contribution in [0.25, 0.3) is 11.1 Å². The fourth-order valence-electron chi connectivity index (χ4n) is 5.51. The third-order valence-corrected chi connectivity index (χ3v) is 7.62. The molecule has 2 aliphatic rings. The molecule has 1 unspecified atom stereocenters. The van der Waals surface area contributed by atoms with Gasteiger partial charge in [-0.05, 0) is 48.4 Å². The Morgan fingerprint density at radius 1 is 1.06 bits per heavy atom. The van der Waals surface area contributed by atoms with E-state index in [0.29, 0.717) is 19.3 Å². The maximum absolute atomic E-state index is 13.5. The number of alkyl carbamates (subject to hydrolysis) is 1. The van der Waals surface area contributed by atoms with E-state index in [1.807, 2.05) is 38.1 Å². The van der Waals surface area contributed by atoms with Gasteiger partial charge in [-0.1, -0.05) is 68.3 Å². The van der Waals surface area contributed by atoms with E-state index in [9.17, 15) is 19.5 Å². The van der Waals surface area contributed by atoms with E-state index < -0.39 is 17.5 Å². The predicted molar refractivity (Wildman–Crippen MR) is 133 cm³/mol. The fourth-order valence-corrected chi connectivity index (χ4v) is 5.51. The second kappa shape index (κ2) is 10.5. The zero-order valence-corrected chi connectivity index (χ0v) is 20.5. The van der Waals surface area contributed by atoms with Crippen LogP contribution in [0.5, 0.6) is 0 Å². The van der Waals surface area contributed by atoms with E-state index in [1.165, 1.54) is 4.90 Å². The first kappa shape index (κ1) is 24.8. The van der Waals surface area contributed by atoms with E-state index in [2.05, 4.69) is 29.6 Å². The van der Waals surface area contributed by atoms with Gasteiger partial charge < -0.3 is 20.1 Å². The van der Waals surface area contributed by atoms with Gasteiger partial charge >= 0.3 is 12.1 Å². The molecule has 1 saturated carbocycles. The summed E-state index contributed by atoms with van der Waals surface area (Å²) in [5, 5.41) is 12.2. The summed E-state index contributed by atoms with van der Waals surface area (Å²) in [5.74, 6) is -1.26. The zero-order chi connectivity index (χ0) is 25.0. The van der Waals surface area contributed by atoms with Crippen molar-refractivity contribution in [1.82, 2.24) is 10.2 Å². The summed E-state index contributed by atoms with van der Waals surface area (Å²) in [4.78, 5) is 39.1. The molecule has 2 aromatic carbocycles. The van der Waals surface area contributed by atoms with Crippen molar-refractivity contribution in [3.05, 3.63) is 59.7 Å². The van der Waals surface area contributed by atoms with Crippen molar-refractivity contribution >= 4 is 18.0 Å². The molecule has 0 spiro atoms. The molecule has 0 aromatic heterocycles. The van der Waals surface area contributed by atoms with Crippen LogP contribution in [-0.4, -0.2) is 53.7 Å². The minimum Gasteiger partial charge on any atom is -0.480 e. The summed E-state index contributed by atoms with van der Waals surface area (Å²) in [6.45, 7) is 3.82. The Kier molecular flexibility index (Phi) is 7.43. The minimum atomic E-state index is -1.03. The first-order chi connectivity index (χ1) is 16.9. The first-order valence-electron chi connectivity index (χ1n) is 12.5. The Bertz CT molecular complexity index is 1050. The molecule has 7 heteroatoms. The Hall–Kier alpha value is -3.35. The molecule has 2 aromatic rings. The molecule has 0 heterocycles. The number of nitrogens with one attached hydrogen (secondary N) is 1. The quantitative estimate of drug-likeness (QED) is 0.540. The molecule has 2 N–H and O–H groups in total. The van der Waals surface area contributed by atoms with Crippen molar-refractivity contribution in [1.29, 1.82) is 0 Å². The predicted octanol–water partition coefficient (Wildman–Crippen LogP) is 4.80. The lowest BCUT2D eigenvalue weighted by Gasteiger charge is -2.36. The van der Waals surface area contributed by atoms with Gasteiger partial charge in [0.2, 0.25) is 5.91 Å². The van der Waals surface area contributed by atoms with Gasteiger partial charge in [-0.15, -0.1) is 0 Å². The molecule has 2 amide bonds. The van der Waals surface area contributed by atoms with Crippen molar-refractivity contribution in [2.24, 2.45) is 5.41 Å². The Balaban J connectivity index is 1.42. The second-order valence-electron chi connectivity index (χ2n) is 9.75. The number of carboxylic acids is 1. The SMILES string of the molecule is CCC(C)N(CC(=O)O)C(=O)C1(CNC(=O)OCC2c3ccccc3-c3ccccc32)CCCC1. The number of hydrogen-bond donors (Lipinski definition) is 2. The van der Waals surface area contributed by atoms with Gasteiger partial charge in [0.15, 0.2) is 0 Å². The first-order valence-corrected chi connectivity index (χ1v) is 12.5. The lowest BCUT2D eigenvalue weighted by molar-refractivity contribution is -0.151. The number of benzene rings is 2. The van der Waals surface area contributed by atoms with E-state index in [-0.39, 0.29) is 37.6 Å². The standard InChI is InChI=1S/C28H34N2O5/c1-3-19(2)30(16-25(31)32)26(33)28(14-8-9-15-28)18-29-27(34)35-17-24-22-12-6-4-10-20(22)21-11-5-7-13-23(21)24/h4-7,10-13,19,24H,3,8-9,14-18H2,1-2H3,(H,29,34)(H,31,32). The summed E-state index contributed by atoms with van der Waals surface area (Å²) < 4.78 is 5.65. The number of amides is 2. The molecule has 2 aliphatic carbocycles. The monoisotopic (exact) mass is 478 g/mol. The number of fused-ring (bicyclic) bond motifs is 3. The minimum absolute atomic E-state index is 0.0355. The van der Waals surface area contributed by atoms with E-state index in [0.717, 1.165) is 35.1 Å². The molecule has 1 atom stereocenters. The fraction of sp³-hybridized carbons (Fsp3) is 0.464. The van der Waals surface area contributed by atoms with Crippen LogP contribution in [0.3, 0.4) is 0 Å². The van der Waals surface area contributed by atoms with E-state index in [1.54, 1.807) is 0 Å². The largest absolute Gasteiger partial charge is 0.480 e.